The first-order valence-electron chi connectivity index (χ1n) is 7.40. The molecule has 0 radical (unpaired) electrons. The summed E-state index contributed by atoms with van der Waals surface area (Å²) in [5.41, 5.74) is 0.846. The first-order valence-corrected chi connectivity index (χ1v) is 7.78. The minimum atomic E-state index is -0.617. The SMILES string of the molecule is COc1ccccc1NC1=C(Cl)C(=O)N(c2ccccc2OC)C1=O. The molecule has 2 aromatic carbocycles. The molecule has 25 heavy (non-hydrogen) atoms. The molecule has 0 spiro atoms. The third-order valence-electron chi connectivity index (χ3n) is 3.72. The van der Waals surface area contributed by atoms with Crippen molar-refractivity contribution in [3.05, 3.63) is 59.3 Å². The molecule has 2 amide bonds. The second-order valence-corrected chi connectivity index (χ2v) is 5.51. The van der Waals surface area contributed by atoms with Crippen LogP contribution >= 0.6 is 11.6 Å². The van der Waals surface area contributed by atoms with Gasteiger partial charge in [0.05, 0.1) is 25.6 Å². The molecule has 0 aliphatic carbocycles. The molecule has 0 unspecified atom stereocenters. The number of carbonyl (C=O) groups excluding carboxylic acids is 2. The average Bonchev–Trinajstić information content (AvgIpc) is 2.85. The van der Waals surface area contributed by atoms with Gasteiger partial charge in [0.2, 0.25) is 0 Å². The topological polar surface area (TPSA) is 67.9 Å². The van der Waals surface area contributed by atoms with Crippen LogP contribution in [0.2, 0.25) is 0 Å². The van der Waals surface area contributed by atoms with Gasteiger partial charge >= 0.3 is 0 Å². The van der Waals surface area contributed by atoms with Crippen molar-refractivity contribution in [3.8, 4) is 11.5 Å². The molecule has 6 nitrogen and oxygen atoms in total. The van der Waals surface area contributed by atoms with Gasteiger partial charge in [0.25, 0.3) is 11.8 Å². The van der Waals surface area contributed by atoms with Crippen LogP contribution in [0.15, 0.2) is 59.3 Å². The van der Waals surface area contributed by atoms with Gasteiger partial charge in [-0.1, -0.05) is 35.9 Å². The Kier molecular flexibility index (Phi) is 4.63. The van der Waals surface area contributed by atoms with E-state index in [1.807, 2.05) is 0 Å². The van der Waals surface area contributed by atoms with Crippen LogP contribution in [-0.2, 0) is 9.59 Å². The van der Waals surface area contributed by atoms with Crippen LogP contribution in [-0.4, -0.2) is 26.0 Å². The number of rotatable bonds is 5. The number of amides is 2. The minimum absolute atomic E-state index is 0.0120. The zero-order chi connectivity index (χ0) is 18.0. The molecule has 1 aliphatic heterocycles. The average molecular weight is 359 g/mol. The number of nitrogens with zero attached hydrogens (tertiary/aromatic N) is 1. The quantitative estimate of drug-likeness (QED) is 0.832. The van der Waals surface area contributed by atoms with Crippen molar-refractivity contribution in [3.63, 3.8) is 0 Å². The number of hydrogen-bond donors (Lipinski definition) is 1. The summed E-state index contributed by atoms with van der Waals surface area (Å²) in [6, 6.07) is 13.8. The number of benzene rings is 2. The molecular weight excluding hydrogens is 344 g/mol. The van der Waals surface area contributed by atoms with E-state index in [1.54, 1.807) is 48.5 Å². The number of para-hydroxylation sites is 4. The van der Waals surface area contributed by atoms with E-state index >= 15 is 0 Å². The van der Waals surface area contributed by atoms with Crippen molar-refractivity contribution >= 4 is 34.8 Å². The van der Waals surface area contributed by atoms with E-state index in [-0.39, 0.29) is 10.7 Å². The number of nitrogens with one attached hydrogen (secondary N) is 1. The molecular formula is C18H15ClN2O4. The van der Waals surface area contributed by atoms with Gasteiger partial charge in [-0.05, 0) is 24.3 Å². The molecule has 0 fully saturated rings. The second-order valence-electron chi connectivity index (χ2n) is 5.13. The summed E-state index contributed by atoms with van der Waals surface area (Å²) in [5.74, 6) is -0.262. The highest BCUT2D eigenvalue weighted by Crippen LogP contribution is 2.36. The summed E-state index contributed by atoms with van der Waals surface area (Å²) in [5, 5.41) is 2.70. The molecule has 0 atom stereocenters. The van der Waals surface area contributed by atoms with E-state index in [0.717, 1.165) is 4.90 Å². The Morgan fingerprint density at radius 1 is 0.880 bits per heavy atom. The van der Waals surface area contributed by atoms with E-state index in [2.05, 4.69) is 5.32 Å². The maximum absolute atomic E-state index is 12.8. The van der Waals surface area contributed by atoms with Crippen LogP contribution in [0.1, 0.15) is 0 Å². The molecule has 0 aromatic heterocycles. The number of imide groups is 1. The molecule has 2 aromatic rings. The maximum atomic E-state index is 12.8. The van der Waals surface area contributed by atoms with E-state index < -0.39 is 11.8 Å². The van der Waals surface area contributed by atoms with E-state index in [1.165, 1.54) is 14.2 Å². The summed E-state index contributed by atoms with van der Waals surface area (Å²) in [6.45, 7) is 0. The van der Waals surface area contributed by atoms with Crippen molar-refractivity contribution in [1.29, 1.82) is 0 Å². The lowest BCUT2D eigenvalue weighted by Gasteiger charge is -2.18. The lowest BCUT2D eigenvalue weighted by molar-refractivity contribution is -0.120. The van der Waals surface area contributed by atoms with Gasteiger partial charge in [-0.2, -0.15) is 0 Å². The van der Waals surface area contributed by atoms with Crippen molar-refractivity contribution < 1.29 is 19.1 Å². The largest absolute Gasteiger partial charge is 0.495 e. The summed E-state index contributed by atoms with van der Waals surface area (Å²) in [4.78, 5) is 26.3. The van der Waals surface area contributed by atoms with E-state index in [0.29, 0.717) is 22.9 Å². The normalized spacial score (nSPS) is 14.1. The highest BCUT2D eigenvalue weighted by atomic mass is 35.5. The fourth-order valence-electron chi connectivity index (χ4n) is 2.53. The third kappa shape index (κ3) is 2.92. The number of halogens is 1. The molecule has 7 heteroatoms. The summed E-state index contributed by atoms with van der Waals surface area (Å²) in [6.07, 6.45) is 0. The Bertz CT molecular complexity index is 879. The predicted molar refractivity (Wildman–Crippen MR) is 95.0 cm³/mol. The highest BCUT2D eigenvalue weighted by Gasteiger charge is 2.40. The fraction of sp³-hybridized carbons (Fsp3) is 0.111. The van der Waals surface area contributed by atoms with Crippen LogP contribution in [0.25, 0.3) is 0 Å². The van der Waals surface area contributed by atoms with Gasteiger partial charge in [-0.25, -0.2) is 4.90 Å². The predicted octanol–water partition coefficient (Wildman–Crippen LogP) is 3.14. The number of methoxy groups -OCH3 is 2. The van der Waals surface area contributed by atoms with Crippen molar-refractivity contribution in [2.45, 2.75) is 0 Å². The van der Waals surface area contributed by atoms with Crippen LogP contribution in [0.5, 0.6) is 11.5 Å². The molecule has 1 N–H and O–H groups in total. The number of anilines is 2. The lowest BCUT2D eigenvalue weighted by Crippen LogP contribution is -2.32. The number of hydrogen-bond acceptors (Lipinski definition) is 5. The third-order valence-corrected chi connectivity index (χ3v) is 4.07. The molecule has 0 saturated carbocycles. The molecule has 0 saturated heterocycles. The van der Waals surface area contributed by atoms with Gasteiger partial charge in [0.1, 0.15) is 22.2 Å². The maximum Gasteiger partial charge on any atom is 0.283 e. The monoisotopic (exact) mass is 358 g/mol. The molecule has 1 heterocycles. The number of carbonyl (C=O) groups is 2. The Morgan fingerprint density at radius 2 is 1.48 bits per heavy atom. The van der Waals surface area contributed by atoms with Gasteiger partial charge in [0, 0.05) is 0 Å². The molecule has 1 aliphatic rings. The Balaban J connectivity index is 1.97. The van der Waals surface area contributed by atoms with Crippen molar-refractivity contribution in [2.24, 2.45) is 0 Å². The first-order chi connectivity index (χ1) is 12.1. The minimum Gasteiger partial charge on any atom is -0.495 e. The van der Waals surface area contributed by atoms with Crippen LogP contribution < -0.4 is 19.7 Å². The molecule has 128 valence electrons. The van der Waals surface area contributed by atoms with Crippen molar-refractivity contribution in [2.75, 3.05) is 24.4 Å². The van der Waals surface area contributed by atoms with Gasteiger partial charge in [-0.3, -0.25) is 9.59 Å². The summed E-state index contributed by atoms with van der Waals surface area (Å²) in [7, 11) is 2.98. The zero-order valence-electron chi connectivity index (χ0n) is 13.6. The van der Waals surface area contributed by atoms with Crippen LogP contribution in [0.4, 0.5) is 11.4 Å². The van der Waals surface area contributed by atoms with Gasteiger partial charge in [-0.15, -0.1) is 0 Å². The smallest absolute Gasteiger partial charge is 0.283 e. The zero-order valence-corrected chi connectivity index (χ0v) is 14.3. The van der Waals surface area contributed by atoms with Crippen molar-refractivity contribution in [1.82, 2.24) is 0 Å². The fourth-order valence-corrected chi connectivity index (χ4v) is 2.74. The Labute approximate surface area is 149 Å². The highest BCUT2D eigenvalue weighted by molar-refractivity contribution is 6.53. The van der Waals surface area contributed by atoms with Crippen LogP contribution in [0.3, 0.4) is 0 Å². The van der Waals surface area contributed by atoms with Gasteiger partial charge < -0.3 is 14.8 Å². The van der Waals surface area contributed by atoms with Crippen LogP contribution in [0, 0.1) is 0 Å². The van der Waals surface area contributed by atoms with E-state index in [4.69, 9.17) is 21.1 Å². The number of ether oxygens (including phenoxy) is 2. The summed E-state index contributed by atoms with van der Waals surface area (Å²) < 4.78 is 10.5. The Morgan fingerprint density at radius 3 is 2.16 bits per heavy atom. The standard InChI is InChI=1S/C18H15ClN2O4/c1-24-13-9-5-3-7-11(13)20-16-15(19)17(22)21(18(16)23)12-8-4-6-10-14(12)25-2/h3-10,20H,1-2H3. The van der Waals surface area contributed by atoms with E-state index in [9.17, 15) is 9.59 Å². The summed E-state index contributed by atoms with van der Waals surface area (Å²) >= 11 is 6.13. The lowest BCUT2D eigenvalue weighted by atomic mass is 10.2. The molecule has 0 bridgehead atoms. The first kappa shape index (κ1) is 16.9. The second kappa shape index (κ2) is 6.86. The molecule has 3 rings (SSSR count). The Hall–Kier alpha value is -2.99. The van der Waals surface area contributed by atoms with Gasteiger partial charge in [0.15, 0.2) is 0 Å².